The molecular weight excluding hydrogens is 302 g/mol. The monoisotopic (exact) mass is 317 g/mol. The highest BCUT2D eigenvalue weighted by atomic mass is 32.1. The molecule has 0 saturated heterocycles. The molecule has 0 radical (unpaired) electrons. The summed E-state index contributed by atoms with van der Waals surface area (Å²) >= 11 is 3.45. The summed E-state index contributed by atoms with van der Waals surface area (Å²) < 4.78 is 2.00. The first-order valence-electron chi connectivity index (χ1n) is 6.97. The molecule has 0 aromatic carbocycles. The van der Waals surface area contributed by atoms with Crippen molar-refractivity contribution in [3.05, 3.63) is 40.7 Å². The number of thiophene rings is 1. The molecule has 1 atom stereocenters. The lowest BCUT2D eigenvalue weighted by atomic mass is 10.1. The summed E-state index contributed by atoms with van der Waals surface area (Å²) in [5, 5.41) is 13.2. The largest absolute Gasteiger partial charge is 0.306 e. The van der Waals surface area contributed by atoms with Gasteiger partial charge in [-0.15, -0.1) is 22.7 Å². The first-order valence-corrected chi connectivity index (χ1v) is 8.73. The van der Waals surface area contributed by atoms with Crippen molar-refractivity contribution >= 4 is 22.7 Å². The standard InChI is InChI=1S/C14H15N5S2/c1-2-12(20-5-1)14-18-11(8-21-14)6-15-10-3-4-13-16-9-17-19(13)7-10/h1-2,5,8-10,15H,3-4,6-7H2/t10-/m0/s1. The molecule has 1 N–H and O–H groups in total. The number of fused-ring (bicyclic) bond motifs is 1. The van der Waals surface area contributed by atoms with Gasteiger partial charge in [-0.2, -0.15) is 5.10 Å². The Morgan fingerprint density at radius 2 is 2.38 bits per heavy atom. The van der Waals surface area contributed by atoms with E-state index >= 15 is 0 Å². The van der Waals surface area contributed by atoms with E-state index < -0.39 is 0 Å². The van der Waals surface area contributed by atoms with E-state index in [0.29, 0.717) is 6.04 Å². The lowest BCUT2D eigenvalue weighted by Crippen LogP contribution is -2.37. The molecule has 1 aliphatic rings. The fraction of sp³-hybridized carbons (Fsp3) is 0.357. The van der Waals surface area contributed by atoms with Crippen molar-refractivity contribution in [2.45, 2.75) is 32.0 Å². The molecule has 1 aliphatic heterocycles. The zero-order valence-corrected chi connectivity index (χ0v) is 13.0. The SMILES string of the molecule is c1csc(-c2nc(CN[C@H]3CCc4ncnn4C3)cs2)c1. The molecule has 0 bridgehead atoms. The molecular formula is C14H15N5S2. The van der Waals surface area contributed by atoms with Crippen LogP contribution in [0.5, 0.6) is 0 Å². The molecule has 0 amide bonds. The summed E-state index contributed by atoms with van der Waals surface area (Å²) in [4.78, 5) is 10.2. The fourth-order valence-corrected chi connectivity index (χ4v) is 4.19. The predicted octanol–water partition coefficient (Wildman–Crippen LogP) is 2.57. The minimum absolute atomic E-state index is 0.450. The van der Waals surface area contributed by atoms with Crippen molar-refractivity contribution in [1.82, 2.24) is 25.1 Å². The Balaban J connectivity index is 1.37. The molecule has 3 aromatic rings. The van der Waals surface area contributed by atoms with E-state index in [-0.39, 0.29) is 0 Å². The number of aromatic nitrogens is 4. The lowest BCUT2D eigenvalue weighted by Gasteiger charge is -2.23. The molecule has 0 unspecified atom stereocenters. The summed E-state index contributed by atoms with van der Waals surface area (Å²) in [6.45, 7) is 1.72. The third-order valence-electron chi connectivity index (χ3n) is 3.66. The highest BCUT2D eigenvalue weighted by Crippen LogP contribution is 2.27. The van der Waals surface area contributed by atoms with Gasteiger partial charge in [-0.1, -0.05) is 6.07 Å². The maximum Gasteiger partial charge on any atom is 0.138 e. The Labute approximate surface area is 130 Å². The quantitative estimate of drug-likeness (QED) is 0.803. The Hall–Kier alpha value is -1.57. The smallest absolute Gasteiger partial charge is 0.138 e. The first-order chi connectivity index (χ1) is 10.4. The van der Waals surface area contributed by atoms with E-state index in [4.69, 9.17) is 4.98 Å². The van der Waals surface area contributed by atoms with Crippen LogP contribution >= 0.6 is 22.7 Å². The molecule has 0 saturated carbocycles. The van der Waals surface area contributed by atoms with E-state index in [1.54, 1.807) is 29.0 Å². The number of hydrogen-bond acceptors (Lipinski definition) is 6. The summed E-state index contributed by atoms with van der Waals surface area (Å²) in [6, 6.07) is 4.64. The summed E-state index contributed by atoms with van der Waals surface area (Å²) in [5.74, 6) is 1.10. The molecule has 21 heavy (non-hydrogen) atoms. The number of nitrogens with zero attached hydrogens (tertiary/aromatic N) is 4. The van der Waals surface area contributed by atoms with Gasteiger partial charge in [0.2, 0.25) is 0 Å². The molecule has 108 valence electrons. The van der Waals surface area contributed by atoms with Crippen LogP contribution in [0.1, 0.15) is 17.9 Å². The average molecular weight is 317 g/mol. The third-order valence-corrected chi connectivity index (χ3v) is 5.59. The molecule has 7 heteroatoms. The molecule has 0 spiro atoms. The van der Waals surface area contributed by atoms with Gasteiger partial charge in [0.25, 0.3) is 0 Å². The zero-order chi connectivity index (χ0) is 14.1. The van der Waals surface area contributed by atoms with Crippen molar-refractivity contribution in [1.29, 1.82) is 0 Å². The molecule has 3 aromatic heterocycles. The summed E-state index contributed by atoms with van der Waals surface area (Å²) in [6.07, 6.45) is 3.75. The normalized spacial score (nSPS) is 17.8. The van der Waals surface area contributed by atoms with Gasteiger partial charge < -0.3 is 5.32 Å². The number of nitrogens with one attached hydrogen (secondary N) is 1. The van der Waals surface area contributed by atoms with Crippen LogP contribution in [0.25, 0.3) is 9.88 Å². The van der Waals surface area contributed by atoms with Crippen LogP contribution in [0, 0.1) is 0 Å². The van der Waals surface area contributed by atoms with Gasteiger partial charge >= 0.3 is 0 Å². The van der Waals surface area contributed by atoms with Crippen molar-refractivity contribution in [3.63, 3.8) is 0 Å². The van der Waals surface area contributed by atoms with Gasteiger partial charge in [-0.25, -0.2) is 14.6 Å². The van der Waals surface area contributed by atoms with Crippen molar-refractivity contribution in [2.24, 2.45) is 0 Å². The third kappa shape index (κ3) is 2.76. The van der Waals surface area contributed by atoms with Gasteiger partial charge in [0.15, 0.2) is 0 Å². The Kier molecular flexibility index (Phi) is 3.54. The van der Waals surface area contributed by atoms with Crippen LogP contribution in [-0.4, -0.2) is 25.8 Å². The number of thiazole rings is 1. The van der Waals surface area contributed by atoms with Gasteiger partial charge in [-0.05, 0) is 17.9 Å². The van der Waals surface area contributed by atoms with E-state index in [1.165, 1.54) is 4.88 Å². The van der Waals surface area contributed by atoms with Crippen LogP contribution in [0.4, 0.5) is 0 Å². The van der Waals surface area contributed by atoms with Gasteiger partial charge in [0.05, 0.1) is 17.1 Å². The number of hydrogen-bond donors (Lipinski definition) is 1. The highest BCUT2D eigenvalue weighted by molar-refractivity contribution is 7.20. The highest BCUT2D eigenvalue weighted by Gasteiger charge is 2.19. The molecule has 4 heterocycles. The topological polar surface area (TPSA) is 55.6 Å². The first kappa shape index (κ1) is 13.1. The van der Waals surface area contributed by atoms with Crippen molar-refractivity contribution in [3.8, 4) is 9.88 Å². The zero-order valence-electron chi connectivity index (χ0n) is 11.4. The summed E-state index contributed by atoms with van der Waals surface area (Å²) in [7, 11) is 0. The number of aryl methyl sites for hydroxylation is 1. The molecule has 5 nitrogen and oxygen atoms in total. The molecule has 0 aliphatic carbocycles. The Morgan fingerprint density at radius 1 is 1.38 bits per heavy atom. The Morgan fingerprint density at radius 3 is 3.29 bits per heavy atom. The Bertz CT molecular complexity index is 715. The van der Waals surface area contributed by atoms with Crippen molar-refractivity contribution < 1.29 is 0 Å². The van der Waals surface area contributed by atoms with Crippen LogP contribution in [0.2, 0.25) is 0 Å². The maximum absolute atomic E-state index is 4.70. The van der Waals surface area contributed by atoms with Gasteiger partial charge in [0, 0.05) is 24.4 Å². The minimum Gasteiger partial charge on any atom is -0.306 e. The van der Waals surface area contributed by atoms with E-state index in [0.717, 1.165) is 42.5 Å². The van der Waals surface area contributed by atoms with Crippen LogP contribution in [0.15, 0.2) is 29.2 Å². The van der Waals surface area contributed by atoms with Crippen molar-refractivity contribution in [2.75, 3.05) is 0 Å². The summed E-state index contributed by atoms with van der Waals surface area (Å²) in [5.41, 5.74) is 1.12. The maximum atomic E-state index is 4.70. The van der Waals surface area contributed by atoms with Crippen LogP contribution in [-0.2, 0) is 19.5 Å². The molecule has 4 rings (SSSR count). The fourth-order valence-electron chi connectivity index (χ4n) is 2.55. The molecule has 0 fully saturated rings. The second-order valence-corrected chi connectivity index (χ2v) is 6.90. The lowest BCUT2D eigenvalue weighted by molar-refractivity contribution is 0.357. The number of rotatable bonds is 4. The van der Waals surface area contributed by atoms with Crippen LogP contribution in [0.3, 0.4) is 0 Å². The average Bonchev–Trinajstić information content (AvgIpc) is 3.24. The van der Waals surface area contributed by atoms with E-state index in [1.807, 2.05) is 4.68 Å². The second kappa shape index (κ2) is 5.67. The van der Waals surface area contributed by atoms with E-state index in [9.17, 15) is 0 Å². The van der Waals surface area contributed by atoms with E-state index in [2.05, 4.69) is 38.3 Å². The van der Waals surface area contributed by atoms with Gasteiger partial charge in [0.1, 0.15) is 17.2 Å². The van der Waals surface area contributed by atoms with Gasteiger partial charge in [-0.3, -0.25) is 0 Å². The predicted molar refractivity (Wildman–Crippen MR) is 84.4 cm³/mol. The second-order valence-electron chi connectivity index (χ2n) is 5.10. The van der Waals surface area contributed by atoms with Crippen LogP contribution < -0.4 is 5.32 Å². The minimum atomic E-state index is 0.450.